The molecular weight excluding hydrogens is 450 g/mol. The van der Waals surface area contributed by atoms with E-state index in [-0.39, 0.29) is 18.4 Å². The van der Waals surface area contributed by atoms with Gasteiger partial charge in [-0.2, -0.15) is 0 Å². The van der Waals surface area contributed by atoms with E-state index in [4.69, 9.17) is 4.98 Å². The van der Waals surface area contributed by atoms with Gasteiger partial charge in [-0.05, 0) is 49.9 Å². The Morgan fingerprint density at radius 1 is 0.889 bits per heavy atom. The van der Waals surface area contributed by atoms with Crippen molar-refractivity contribution in [2.45, 2.75) is 89.4 Å². The van der Waals surface area contributed by atoms with Gasteiger partial charge in [0.2, 0.25) is 5.91 Å². The standard InChI is InChI=1S/C29H37N5O2/c1-32(29(36)25-17-10-11-19-30-25)20-27-31-24-16-8-9-18-26(24)33(27)21-28(35)34(22-12-4-2-5-13-22)23-14-6-3-7-15-23/h8-11,16-19,22-23H,2-7,12-15,20-21H2,1H3. The molecule has 0 bridgehead atoms. The third kappa shape index (κ3) is 5.30. The average molecular weight is 488 g/mol. The Hall–Kier alpha value is -3.22. The second-order valence-corrected chi connectivity index (χ2v) is 10.4. The van der Waals surface area contributed by atoms with Gasteiger partial charge >= 0.3 is 0 Å². The first kappa shape index (κ1) is 24.5. The molecule has 7 heteroatoms. The van der Waals surface area contributed by atoms with Gasteiger partial charge in [0.15, 0.2) is 0 Å². The van der Waals surface area contributed by atoms with E-state index in [2.05, 4.69) is 9.88 Å². The summed E-state index contributed by atoms with van der Waals surface area (Å²) in [6, 6.07) is 14.0. The number of carbonyl (C=O) groups excluding carboxylic acids is 2. The number of amides is 2. The average Bonchev–Trinajstić information content (AvgIpc) is 3.26. The molecule has 2 aliphatic rings. The van der Waals surface area contributed by atoms with E-state index in [1.54, 1.807) is 30.3 Å². The van der Waals surface area contributed by atoms with Crippen LogP contribution in [0.25, 0.3) is 11.0 Å². The van der Waals surface area contributed by atoms with E-state index in [9.17, 15) is 9.59 Å². The third-order valence-corrected chi connectivity index (χ3v) is 7.86. The molecule has 3 aromatic rings. The minimum absolute atomic E-state index is 0.161. The van der Waals surface area contributed by atoms with Gasteiger partial charge in [0.25, 0.3) is 5.91 Å². The number of pyridine rings is 1. The van der Waals surface area contributed by atoms with Crippen LogP contribution in [0.5, 0.6) is 0 Å². The molecule has 2 aliphatic carbocycles. The number of aromatic nitrogens is 3. The zero-order valence-electron chi connectivity index (χ0n) is 21.3. The first-order valence-corrected chi connectivity index (χ1v) is 13.5. The summed E-state index contributed by atoms with van der Waals surface area (Å²) in [6.07, 6.45) is 13.5. The predicted molar refractivity (Wildman–Crippen MR) is 140 cm³/mol. The molecule has 2 saturated carbocycles. The molecule has 7 nitrogen and oxygen atoms in total. The van der Waals surface area contributed by atoms with E-state index < -0.39 is 0 Å². The molecule has 0 spiro atoms. The molecular formula is C29H37N5O2. The molecule has 0 radical (unpaired) electrons. The molecule has 2 amide bonds. The number of benzene rings is 1. The van der Waals surface area contributed by atoms with Crippen LogP contribution in [0, 0.1) is 0 Å². The zero-order chi connectivity index (χ0) is 24.9. The molecule has 5 rings (SSSR count). The van der Waals surface area contributed by atoms with Gasteiger partial charge in [-0.25, -0.2) is 4.98 Å². The number of para-hydroxylation sites is 2. The number of hydrogen-bond acceptors (Lipinski definition) is 4. The van der Waals surface area contributed by atoms with Crippen LogP contribution in [-0.2, 0) is 17.9 Å². The Balaban J connectivity index is 1.42. The highest BCUT2D eigenvalue weighted by Gasteiger charge is 2.33. The largest absolute Gasteiger partial charge is 0.335 e. The minimum Gasteiger partial charge on any atom is -0.335 e. The highest BCUT2D eigenvalue weighted by Crippen LogP contribution is 2.31. The van der Waals surface area contributed by atoms with E-state index in [1.807, 2.05) is 34.9 Å². The summed E-state index contributed by atoms with van der Waals surface area (Å²) < 4.78 is 2.03. The van der Waals surface area contributed by atoms with Crippen molar-refractivity contribution in [1.82, 2.24) is 24.3 Å². The summed E-state index contributed by atoms with van der Waals surface area (Å²) in [5.41, 5.74) is 2.19. The van der Waals surface area contributed by atoms with Crippen molar-refractivity contribution in [1.29, 1.82) is 0 Å². The van der Waals surface area contributed by atoms with E-state index in [1.165, 1.54) is 38.5 Å². The van der Waals surface area contributed by atoms with Crippen molar-refractivity contribution in [3.8, 4) is 0 Å². The van der Waals surface area contributed by atoms with Crippen LogP contribution in [0.1, 0.15) is 80.5 Å². The molecule has 36 heavy (non-hydrogen) atoms. The van der Waals surface area contributed by atoms with Gasteiger partial charge in [-0.1, -0.05) is 56.7 Å². The lowest BCUT2D eigenvalue weighted by Crippen LogP contribution is -2.50. The maximum Gasteiger partial charge on any atom is 0.272 e. The summed E-state index contributed by atoms with van der Waals surface area (Å²) in [7, 11) is 1.76. The molecule has 0 saturated heterocycles. The maximum atomic E-state index is 14.0. The van der Waals surface area contributed by atoms with E-state index >= 15 is 0 Å². The first-order valence-electron chi connectivity index (χ1n) is 13.5. The van der Waals surface area contributed by atoms with Gasteiger partial charge in [0.05, 0.1) is 17.6 Å². The number of rotatable bonds is 7. The van der Waals surface area contributed by atoms with Crippen LogP contribution in [0.3, 0.4) is 0 Å². The van der Waals surface area contributed by atoms with Crippen molar-refractivity contribution < 1.29 is 9.59 Å². The van der Waals surface area contributed by atoms with Gasteiger partial charge in [0, 0.05) is 25.3 Å². The lowest BCUT2D eigenvalue weighted by atomic mass is 9.88. The number of carbonyl (C=O) groups is 2. The minimum atomic E-state index is -0.161. The molecule has 2 aromatic heterocycles. The van der Waals surface area contributed by atoms with Crippen molar-refractivity contribution >= 4 is 22.8 Å². The third-order valence-electron chi connectivity index (χ3n) is 7.86. The highest BCUT2D eigenvalue weighted by atomic mass is 16.2. The molecule has 1 aromatic carbocycles. The van der Waals surface area contributed by atoms with Crippen molar-refractivity contribution in [2.75, 3.05) is 7.05 Å². The molecule has 2 heterocycles. The van der Waals surface area contributed by atoms with Gasteiger partial charge in [-0.15, -0.1) is 0 Å². The van der Waals surface area contributed by atoms with E-state index in [0.29, 0.717) is 24.3 Å². The fraction of sp³-hybridized carbons (Fsp3) is 0.517. The molecule has 0 atom stereocenters. The Kier molecular flexibility index (Phi) is 7.63. The Bertz CT molecular complexity index is 1160. The normalized spacial score (nSPS) is 17.2. The predicted octanol–water partition coefficient (Wildman–Crippen LogP) is 5.20. The lowest BCUT2D eigenvalue weighted by molar-refractivity contribution is -0.138. The number of hydrogen-bond donors (Lipinski definition) is 0. The lowest BCUT2D eigenvalue weighted by Gasteiger charge is -2.42. The summed E-state index contributed by atoms with van der Waals surface area (Å²) in [5.74, 6) is 0.757. The Morgan fingerprint density at radius 3 is 2.17 bits per heavy atom. The zero-order valence-corrected chi connectivity index (χ0v) is 21.3. The second kappa shape index (κ2) is 11.2. The highest BCUT2D eigenvalue weighted by molar-refractivity contribution is 5.92. The summed E-state index contributed by atoms with van der Waals surface area (Å²) in [5, 5.41) is 0. The van der Waals surface area contributed by atoms with Crippen molar-refractivity contribution in [3.63, 3.8) is 0 Å². The fourth-order valence-electron chi connectivity index (χ4n) is 6.03. The molecule has 190 valence electrons. The van der Waals surface area contributed by atoms with Crippen LogP contribution in [-0.4, -0.2) is 55.3 Å². The van der Waals surface area contributed by atoms with Crippen molar-refractivity contribution in [3.05, 3.63) is 60.2 Å². The summed E-state index contributed by atoms with van der Waals surface area (Å²) >= 11 is 0. The van der Waals surface area contributed by atoms with Crippen molar-refractivity contribution in [2.24, 2.45) is 0 Å². The molecule has 2 fully saturated rings. The second-order valence-electron chi connectivity index (χ2n) is 10.4. The topological polar surface area (TPSA) is 71.3 Å². The molecule has 0 unspecified atom stereocenters. The van der Waals surface area contributed by atoms with Gasteiger partial charge < -0.3 is 14.4 Å². The molecule has 0 aliphatic heterocycles. The smallest absolute Gasteiger partial charge is 0.272 e. The Morgan fingerprint density at radius 2 is 1.53 bits per heavy atom. The van der Waals surface area contributed by atoms with Crippen LogP contribution < -0.4 is 0 Å². The van der Waals surface area contributed by atoms with Crippen LogP contribution in [0.2, 0.25) is 0 Å². The summed E-state index contributed by atoms with van der Waals surface area (Å²) in [4.78, 5) is 39.9. The number of imidazole rings is 1. The fourth-order valence-corrected chi connectivity index (χ4v) is 6.03. The quantitative estimate of drug-likeness (QED) is 0.459. The van der Waals surface area contributed by atoms with E-state index in [0.717, 1.165) is 42.5 Å². The number of nitrogens with zero attached hydrogens (tertiary/aromatic N) is 5. The van der Waals surface area contributed by atoms with Crippen LogP contribution in [0.4, 0.5) is 0 Å². The van der Waals surface area contributed by atoms with Gasteiger partial charge in [-0.3, -0.25) is 14.6 Å². The monoisotopic (exact) mass is 487 g/mol. The van der Waals surface area contributed by atoms with Crippen LogP contribution >= 0.6 is 0 Å². The van der Waals surface area contributed by atoms with Gasteiger partial charge in [0.1, 0.15) is 18.1 Å². The maximum absolute atomic E-state index is 14.0. The molecule has 0 N–H and O–H groups in total. The Labute approximate surface area is 213 Å². The number of fused-ring (bicyclic) bond motifs is 1. The summed E-state index contributed by atoms with van der Waals surface area (Å²) in [6.45, 7) is 0.568. The van der Waals surface area contributed by atoms with Crippen LogP contribution in [0.15, 0.2) is 48.7 Å². The first-order chi connectivity index (χ1) is 17.6. The SMILES string of the molecule is CN(Cc1nc2ccccc2n1CC(=O)N(C1CCCCC1)C1CCCCC1)C(=O)c1ccccn1.